The van der Waals surface area contributed by atoms with Crippen molar-refractivity contribution in [2.24, 2.45) is 5.73 Å². The van der Waals surface area contributed by atoms with Gasteiger partial charge < -0.3 is 5.73 Å². The molecule has 0 bridgehead atoms. The molecular weight excluding hydrogens is 151 g/mol. The van der Waals surface area contributed by atoms with Crippen molar-refractivity contribution in [2.45, 2.75) is 19.6 Å². The van der Waals surface area contributed by atoms with Crippen molar-refractivity contribution in [3.8, 4) is 0 Å². The van der Waals surface area contributed by atoms with Gasteiger partial charge >= 0.3 is 0 Å². The summed E-state index contributed by atoms with van der Waals surface area (Å²) in [7, 11) is 0. The first kappa shape index (κ1) is 7.63. The number of aromatic nitrogens is 1. The molecule has 2 N–H and O–H groups in total. The third kappa shape index (κ3) is 1.52. The van der Waals surface area contributed by atoms with Crippen LogP contribution in [0.4, 0.5) is 4.39 Å². The van der Waals surface area contributed by atoms with E-state index in [9.17, 15) is 4.39 Å². The van der Waals surface area contributed by atoms with Crippen molar-refractivity contribution >= 4 is 11.3 Å². The van der Waals surface area contributed by atoms with E-state index in [1.807, 2.05) is 6.92 Å². The molecule has 1 aromatic rings. The fourth-order valence-corrected chi connectivity index (χ4v) is 1.34. The summed E-state index contributed by atoms with van der Waals surface area (Å²) in [5.41, 5.74) is 6.28. The first-order valence-corrected chi connectivity index (χ1v) is 3.88. The van der Waals surface area contributed by atoms with Crippen LogP contribution in [0.2, 0.25) is 0 Å². The summed E-state index contributed by atoms with van der Waals surface area (Å²) in [4.78, 5) is 3.95. The third-order valence-corrected chi connectivity index (χ3v) is 1.98. The van der Waals surface area contributed by atoms with E-state index in [0.717, 1.165) is 5.69 Å². The van der Waals surface area contributed by atoms with Gasteiger partial charge in [-0.2, -0.15) is 0 Å². The van der Waals surface area contributed by atoms with Gasteiger partial charge in [-0.25, -0.2) is 9.37 Å². The minimum atomic E-state index is -0.489. The Kier molecular flexibility index (Phi) is 2.34. The lowest BCUT2D eigenvalue weighted by atomic mass is 10.3. The van der Waals surface area contributed by atoms with Crippen molar-refractivity contribution < 1.29 is 4.39 Å². The molecule has 1 aromatic heterocycles. The Hall–Kier alpha value is -0.480. The maximum atomic E-state index is 11.9. The maximum Gasteiger partial charge on any atom is 0.141 e. The Labute approximate surface area is 62.9 Å². The molecule has 1 atom stereocenters. The first-order chi connectivity index (χ1) is 4.74. The van der Waals surface area contributed by atoms with E-state index in [2.05, 4.69) is 4.98 Å². The molecule has 0 aromatic carbocycles. The SMILES string of the molecule is CC(N)c1csc(CF)n1. The van der Waals surface area contributed by atoms with Crippen LogP contribution in [0.1, 0.15) is 23.7 Å². The predicted molar refractivity (Wildman–Crippen MR) is 39.5 cm³/mol. The van der Waals surface area contributed by atoms with Gasteiger partial charge in [-0.05, 0) is 6.92 Å². The fourth-order valence-electron chi connectivity index (χ4n) is 0.596. The highest BCUT2D eigenvalue weighted by Gasteiger charge is 2.04. The van der Waals surface area contributed by atoms with Crippen molar-refractivity contribution in [2.75, 3.05) is 0 Å². The van der Waals surface area contributed by atoms with Gasteiger partial charge in [0.1, 0.15) is 11.7 Å². The smallest absolute Gasteiger partial charge is 0.141 e. The lowest BCUT2D eigenvalue weighted by Gasteiger charge is -1.96. The Morgan fingerprint density at radius 3 is 2.90 bits per heavy atom. The molecule has 1 unspecified atom stereocenters. The number of rotatable bonds is 2. The molecule has 2 nitrogen and oxygen atoms in total. The van der Waals surface area contributed by atoms with E-state index in [1.165, 1.54) is 11.3 Å². The summed E-state index contributed by atoms with van der Waals surface area (Å²) in [6.07, 6.45) is 0. The Morgan fingerprint density at radius 2 is 2.60 bits per heavy atom. The van der Waals surface area contributed by atoms with Gasteiger partial charge in [0.25, 0.3) is 0 Å². The highest BCUT2D eigenvalue weighted by Crippen LogP contribution is 2.14. The van der Waals surface area contributed by atoms with Gasteiger partial charge in [-0.15, -0.1) is 11.3 Å². The lowest BCUT2D eigenvalue weighted by molar-refractivity contribution is 0.482. The number of nitrogens with two attached hydrogens (primary N) is 1. The number of halogens is 1. The summed E-state index contributed by atoms with van der Waals surface area (Å²) >= 11 is 1.31. The van der Waals surface area contributed by atoms with Crippen molar-refractivity contribution in [1.82, 2.24) is 4.98 Å². The predicted octanol–water partition coefficient (Wildman–Crippen LogP) is 1.63. The summed E-state index contributed by atoms with van der Waals surface area (Å²) in [5, 5.41) is 2.30. The zero-order chi connectivity index (χ0) is 7.56. The monoisotopic (exact) mass is 160 g/mol. The Balaban J connectivity index is 2.78. The number of hydrogen-bond acceptors (Lipinski definition) is 3. The van der Waals surface area contributed by atoms with Crippen molar-refractivity contribution in [1.29, 1.82) is 0 Å². The molecule has 1 heterocycles. The summed E-state index contributed by atoms with van der Waals surface area (Å²) < 4.78 is 11.9. The minimum absolute atomic E-state index is 0.0865. The molecule has 0 saturated heterocycles. The number of nitrogens with zero attached hydrogens (tertiary/aromatic N) is 1. The van der Waals surface area contributed by atoms with Gasteiger partial charge in [0.2, 0.25) is 0 Å². The van der Waals surface area contributed by atoms with Gasteiger partial charge in [-0.3, -0.25) is 0 Å². The van der Waals surface area contributed by atoms with E-state index in [1.54, 1.807) is 5.38 Å². The van der Waals surface area contributed by atoms with Crippen LogP contribution in [0.25, 0.3) is 0 Å². The summed E-state index contributed by atoms with van der Waals surface area (Å²) in [6, 6.07) is -0.0865. The molecule has 0 saturated carbocycles. The Morgan fingerprint density at radius 1 is 1.90 bits per heavy atom. The molecular formula is C6H9FN2S. The van der Waals surface area contributed by atoms with E-state index < -0.39 is 6.67 Å². The third-order valence-electron chi connectivity index (χ3n) is 1.15. The molecule has 1 rings (SSSR count). The van der Waals surface area contributed by atoms with E-state index in [4.69, 9.17) is 5.73 Å². The van der Waals surface area contributed by atoms with Gasteiger partial charge in [0.05, 0.1) is 5.69 Å². The van der Waals surface area contributed by atoms with Crippen LogP contribution in [0, 0.1) is 0 Å². The summed E-state index contributed by atoms with van der Waals surface area (Å²) in [6.45, 7) is 1.34. The van der Waals surface area contributed by atoms with Crippen LogP contribution in [-0.4, -0.2) is 4.98 Å². The van der Waals surface area contributed by atoms with E-state index in [-0.39, 0.29) is 6.04 Å². The fraction of sp³-hybridized carbons (Fsp3) is 0.500. The average Bonchev–Trinajstić information content (AvgIpc) is 2.34. The molecule has 0 spiro atoms. The molecule has 10 heavy (non-hydrogen) atoms. The quantitative estimate of drug-likeness (QED) is 0.714. The Bertz CT molecular complexity index is 209. The molecule has 4 heteroatoms. The second-order valence-electron chi connectivity index (χ2n) is 2.09. The average molecular weight is 160 g/mol. The van der Waals surface area contributed by atoms with Crippen LogP contribution >= 0.6 is 11.3 Å². The lowest BCUT2D eigenvalue weighted by Crippen LogP contribution is -2.04. The number of hydrogen-bond donors (Lipinski definition) is 1. The molecule has 0 aliphatic rings. The van der Waals surface area contributed by atoms with Gasteiger partial charge in [0.15, 0.2) is 0 Å². The van der Waals surface area contributed by atoms with Gasteiger partial charge in [0, 0.05) is 11.4 Å². The minimum Gasteiger partial charge on any atom is -0.323 e. The van der Waals surface area contributed by atoms with Crippen LogP contribution < -0.4 is 5.73 Å². The second-order valence-corrected chi connectivity index (χ2v) is 3.03. The molecule has 0 radical (unpaired) electrons. The van der Waals surface area contributed by atoms with Crippen molar-refractivity contribution in [3.63, 3.8) is 0 Å². The highest BCUT2D eigenvalue weighted by molar-refractivity contribution is 7.09. The second kappa shape index (κ2) is 3.07. The van der Waals surface area contributed by atoms with Crippen molar-refractivity contribution in [3.05, 3.63) is 16.1 Å². The maximum absolute atomic E-state index is 11.9. The standard InChI is InChI=1S/C6H9FN2S/c1-4(8)5-3-10-6(2-7)9-5/h3-4H,2,8H2,1H3. The zero-order valence-corrected chi connectivity index (χ0v) is 6.49. The molecule has 0 aliphatic heterocycles. The number of thiazole rings is 1. The summed E-state index contributed by atoms with van der Waals surface area (Å²) in [5.74, 6) is 0. The molecule has 0 fully saturated rings. The van der Waals surface area contributed by atoms with Crippen LogP contribution in [-0.2, 0) is 6.67 Å². The zero-order valence-electron chi connectivity index (χ0n) is 5.67. The van der Waals surface area contributed by atoms with Crippen LogP contribution in [0.15, 0.2) is 5.38 Å². The van der Waals surface area contributed by atoms with Gasteiger partial charge in [-0.1, -0.05) is 0 Å². The highest BCUT2D eigenvalue weighted by atomic mass is 32.1. The van der Waals surface area contributed by atoms with Crippen LogP contribution in [0.3, 0.4) is 0 Å². The van der Waals surface area contributed by atoms with E-state index >= 15 is 0 Å². The normalized spacial score (nSPS) is 13.5. The molecule has 0 amide bonds. The largest absolute Gasteiger partial charge is 0.323 e. The topological polar surface area (TPSA) is 38.9 Å². The van der Waals surface area contributed by atoms with Crippen LogP contribution in [0.5, 0.6) is 0 Å². The molecule has 0 aliphatic carbocycles. The molecule has 56 valence electrons. The first-order valence-electron chi connectivity index (χ1n) is 3.00. The van der Waals surface area contributed by atoms with E-state index in [0.29, 0.717) is 5.01 Å². The number of alkyl halides is 1.